The van der Waals surface area contributed by atoms with Crippen molar-refractivity contribution in [2.24, 2.45) is 0 Å². The van der Waals surface area contributed by atoms with Gasteiger partial charge in [0.2, 0.25) is 0 Å². The molecule has 0 unspecified atom stereocenters. The Balaban J connectivity index is 2.14. The molecule has 1 aromatic carbocycles. The minimum Gasteiger partial charge on any atom is -0.329 e. The first-order chi connectivity index (χ1) is 7.83. The summed E-state index contributed by atoms with van der Waals surface area (Å²) in [6.45, 7) is 3.00. The number of halogens is 1. The van der Waals surface area contributed by atoms with Crippen LogP contribution >= 0.6 is 11.6 Å². The molecular weight excluding hydrogens is 220 g/mol. The third kappa shape index (κ3) is 2.45. The zero-order chi connectivity index (χ0) is 11.4. The predicted molar refractivity (Wildman–Crippen MR) is 66.7 cm³/mol. The van der Waals surface area contributed by atoms with Gasteiger partial charge < -0.3 is 4.57 Å². The molecule has 0 spiro atoms. The van der Waals surface area contributed by atoms with E-state index in [0.717, 1.165) is 18.7 Å². The Morgan fingerprint density at radius 3 is 2.50 bits per heavy atom. The SMILES string of the molecule is CCc1ccc(Cn2cncc2CCl)cc1. The van der Waals surface area contributed by atoms with Gasteiger partial charge in [-0.25, -0.2) is 4.98 Å². The molecule has 16 heavy (non-hydrogen) atoms. The van der Waals surface area contributed by atoms with Crippen LogP contribution in [0.2, 0.25) is 0 Å². The monoisotopic (exact) mass is 234 g/mol. The van der Waals surface area contributed by atoms with E-state index in [1.54, 1.807) is 0 Å². The number of alkyl halides is 1. The van der Waals surface area contributed by atoms with E-state index < -0.39 is 0 Å². The number of rotatable bonds is 4. The summed E-state index contributed by atoms with van der Waals surface area (Å²) in [4.78, 5) is 4.10. The fraction of sp³-hybridized carbons (Fsp3) is 0.308. The molecule has 3 heteroatoms. The summed E-state index contributed by atoms with van der Waals surface area (Å²) in [5.41, 5.74) is 3.70. The van der Waals surface area contributed by atoms with E-state index in [2.05, 4.69) is 40.7 Å². The van der Waals surface area contributed by atoms with E-state index in [1.807, 2.05) is 12.5 Å². The second kappa shape index (κ2) is 5.17. The molecule has 1 aromatic heterocycles. The number of aryl methyl sites for hydroxylation is 1. The molecule has 0 saturated heterocycles. The molecule has 2 rings (SSSR count). The molecule has 0 radical (unpaired) electrons. The molecule has 2 aromatic rings. The van der Waals surface area contributed by atoms with E-state index in [0.29, 0.717) is 5.88 Å². The Morgan fingerprint density at radius 1 is 1.19 bits per heavy atom. The predicted octanol–water partition coefficient (Wildman–Crippen LogP) is 3.23. The summed E-state index contributed by atoms with van der Waals surface area (Å²) in [7, 11) is 0. The molecule has 0 saturated carbocycles. The van der Waals surface area contributed by atoms with E-state index in [1.165, 1.54) is 11.1 Å². The van der Waals surface area contributed by atoms with Crippen LogP contribution in [-0.4, -0.2) is 9.55 Å². The molecule has 2 nitrogen and oxygen atoms in total. The van der Waals surface area contributed by atoms with E-state index >= 15 is 0 Å². The average molecular weight is 235 g/mol. The summed E-state index contributed by atoms with van der Waals surface area (Å²) in [6, 6.07) is 8.67. The van der Waals surface area contributed by atoms with Gasteiger partial charge in [0, 0.05) is 12.7 Å². The van der Waals surface area contributed by atoms with Gasteiger partial charge in [-0.05, 0) is 17.5 Å². The van der Waals surface area contributed by atoms with Crippen LogP contribution in [-0.2, 0) is 18.8 Å². The summed E-state index contributed by atoms with van der Waals surface area (Å²) in [5.74, 6) is 0.507. The highest BCUT2D eigenvalue weighted by atomic mass is 35.5. The van der Waals surface area contributed by atoms with Crippen molar-refractivity contribution in [1.29, 1.82) is 0 Å². The zero-order valence-electron chi connectivity index (χ0n) is 9.36. The maximum atomic E-state index is 5.83. The summed E-state index contributed by atoms with van der Waals surface area (Å²) in [6.07, 6.45) is 4.72. The zero-order valence-corrected chi connectivity index (χ0v) is 10.1. The maximum absolute atomic E-state index is 5.83. The van der Waals surface area contributed by atoms with Crippen molar-refractivity contribution in [2.45, 2.75) is 25.8 Å². The van der Waals surface area contributed by atoms with E-state index in [4.69, 9.17) is 11.6 Å². The van der Waals surface area contributed by atoms with Crippen molar-refractivity contribution < 1.29 is 0 Å². The molecule has 0 bridgehead atoms. The maximum Gasteiger partial charge on any atom is 0.0951 e. The van der Waals surface area contributed by atoms with Crippen LogP contribution in [0.1, 0.15) is 23.7 Å². The molecule has 0 aliphatic rings. The third-order valence-electron chi connectivity index (χ3n) is 2.72. The number of benzene rings is 1. The van der Waals surface area contributed by atoms with Gasteiger partial charge in [0.1, 0.15) is 0 Å². The first kappa shape index (κ1) is 11.2. The number of imidazole rings is 1. The van der Waals surface area contributed by atoms with Gasteiger partial charge in [-0.15, -0.1) is 11.6 Å². The molecule has 0 N–H and O–H groups in total. The van der Waals surface area contributed by atoms with Gasteiger partial charge in [-0.1, -0.05) is 31.2 Å². The largest absolute Gasteiger partial charge is 0.329 e. The minimum atomic E-state index is 0.507. The van der Waals surface area contributed by atoms with Crippen molar-refractivity contribution in [3.63, 3.8) is 0 Å². The lowest BCUT2D eigenvalue weighted by Crippen LogP contribution is -2.01. The quantitative estimate of drug-likeness (QED) is 0.743. The third-order valence-corrected chi connectivity index (χ3v) is 2.99. The standard InChI is InChI=1S/C13H15ClN2/c1-2-11-3-5-12(6-4-11)9-16-10-15-8-13(16)7-14/h3-6,8,10H,2,7,9H2,1H3. The van der Waals surface area contributed by atoms with Gasteiger partial charge in [0.15, 0.2) is 0 Å². The Hall–Kier alpha value is -1.28. The Kier molecular flexibility index (Phi) is 3.62. The van der Waals surface area contributed by atoms with Gasteiger partial charge in [-0.2, -0.15) is 0 Å². The molecular formula is C13H15ClN2. The highest BCUT2D eigenvalue weighted by molar-refractivity contribution is 6.16. The summed E-state index contributed by atoms with van der Waals surface area (Å²) >= 11 is 5.83. The Labute approximate surface area is 101 Å². The highest BCUT2D eigenvalue weighted by Crippen LogP contribution is 2.10. The number of aromatic nitrogens is 2. The number of hydrogen-bond donors (Lipinski definition) is 0. The summed E-state index contributed by atoms with van der Waals surface area (Å²) < 4.78 is 2.08. The van der Waals surface area contributed by atoms with Crippen LogP contribution in [0.4, 0.5) is 0 Å². The molecule has 0 amide bonds. The van der Waals surface area contributed by atoms with Crippen LogP contribution in [0.25, 0.3) is 0 Å². The summed E-state index contributed by atoms with van der Waals surface area (Å²) in [5, 5.41) is 0. The average Bonchev–Trinajstić information content (AvgIpc) is 2.77. The fourth-order valence-corrected chi connectivity index (χ4v) is 1.90. The normalized spacial score (nSPS) is 10.6. The van der Waals surface area contributed by atoms with Crippen molar-refractivity contribution in [2.75, 3.05) is 0 Å². The van der Waals surface area contributed by atoms with Crippen molar-refractivity contribution in [3.05, 3.63) is 53.6 Å². The van der Waals surface area contributed by atoms with Crippen molar-refractivity contribution in [3.8, 4) is 0 Å². The topological polar surface area (TPSA) is 17.8 Å². The minimum absolute atomic E-state index is 0.507. The fourth-order valence-electron chi connectivity index (χ4n) is 1.68. The number of hydrogen-bond acceptors (Lipinski definition) is 1. The second-order valence-corrected chi connectivity index (χ2v) is 4.08. The smallest absolute Gasteiger partial charge is 0.0951 e. The lowest BCUT2D eigenvalue weighted by molar-refractivity contribution is 0.764. The Morgan fingerprint density at radius 2 is 1.88 bits per heavy atom. The van der Waals surface area contributed by atoms with Gasteiger partial charge >= 0.3 is 0 Å². The van der Waals surface area contributed by atoms with Crippen LogP contribution < -0.4 is 0 Å². The van der Waals surface area contributed by atoms with Crippen LogP contribution in [0.15, 0.2) is 36.8 Å². The van der Waals surface area contributed by atoms with Crippen LogP contribution in [0.3, 0.4) is 0 Å². The van der Waals surface area contributed by atoms with Gasteiger partial charge in [0.25, 0.3) is 0 Å². The van der Waals surface area contributed by atoms with Crippen molar-refractivity contribution >= 4 is 11.6 Å². The van der Waals surface area contributed by atoms with Gasteiger partial charge in [-0.3, -0.25) is 0 Å². The van der Waals surface area contributed by atoms with Crippen LogP contribution in [0, 0.1) is 0 Å². The Bertz CT molecular complexity index is 445. The highest BCUT2D eigenvalue weighted by Gasteiger charge is 2.01. The molecule has 0 fully saturated rings. The lowest BCUT2D eigenvalue weighted by Gasteiger charge is -2.06. The molecule has 0 atom stereocenters. The van der Waals surface area contributed by atoms with Crippen LogP contribution in [0.5, 0.6) is 0 Å². The second-order valence-electron chi connectivity index (χ2n) is 3.82. The first-order valence-corrected chi connectivity index (χ1v) is 5.99. The number of nitrogens with zero attached hydrogens (tertiary/aromatic N) is 2. The van der Waals surface area contributed by atoms with Gasteiger partial charge in [0.05, 0.1) is 17.9 Å². The molecule has 1 heterocycles. The lowest BCUT2D eigenvalue weighted by atomic mass is 10.1. The molecule has 0 aliphatic carbocycles. The molecule has 0 aliphatic heterocycles. The van der Waals surface area contributed by atoms with E-state index in [-0.39, 0.29) is 0 Å². The van der Waals surface area contributed by atoms with Crippen molar-refractivity contribution in [1.82, 2.24) is 9.55 Å². The first-order valence-electron chi connectivity index (χ1n) is 5.46. The van der Waals surface area contributed by atoms with E-state index in [9.17, 15) is 0 Å². The molecule has 84 valence electrons.